The Morgan fingerprint density at radius 3 is 2.32 bits per heavy atom. The van der Waals surface area contributed by atoms with Gasteiger partial charge in [0.25, 0.3) is 0 Å². The number of piperidine rings is 1. The summed E-state index contributed by atoms with van der Waals surface area (Å²) in [5.41, 5.74) is 3.12. The molecule has 0 unspecified atom stereocenters. The number of ketones is 2. The molecule has 146 valence electrons. The van der Waals surface area contributed by atoms with E-state index in [1.54, 1.807) is 24.3 Å². The first kappa shape index (κ1) is 20.0. The molecule has 2 aromatic carbocycles. The molecule has 0 aliphatic carbocycles. The molecule has 1 fully saturated rings. The smallest absolute Gasteiger partial charge is 0.238 e. The Kier molecular flexibility index (Phi) is 6.37. The monoisotopic (exact) mass is 378 g/mol. The minimum Gasteiger partial charge on any atom is -0.325 e. The summed E-state index contributed by atoms with van der Waals surface area (Å²) >= 11 is 0. The Hall–Kier alpha value is -2.79. The Morgan fingerprint density at radius 1 is 1.00 bits per heavy atom. The number of likely N-dealkylation sites (tertiary alicyclic amines) is 1. The summed E-state index contributed by atoms with van der Waals surface area (Å²) in [4.78, 5) is 38.5. The topological polar surface area (TPSA) is 66.5 Å². The van der Waals surface area contributed by atoms with Gasteiger partial charge in [0.05, 0.1) is 6.54 Å². The number of Topliss-reactive ketones (excluding diaryl/α,β-unsaturated/α-hetero) is 2. The average molecular weight is 378 g/mol. The van der Waals surface area contributed by atoms with Gasteiger partial charge in [-0.1, -0.05) is 42.0 Å². The Morgan fingerprint density at radius 2 is 1.68 bits per heavy atom. The molecule has 0 bridgehead atoms. The van der Waals surface area contributed by atoms with Crippen molar-refractivity contribution in [3.05, 3.63) is 65.2 Å². The fourth-order valence-electron chi connectivity index (χ4n) is 3.53. The van der Waals surface area contributed by atoms with E-state index < -0.39 is 0 Å². The Labute approximate surface area is 165 Å². The third-order valence-corrected chi connectivity index (χ3v) is 5.21. The summed E-state index contributed by atoms with van der Waals surface area (Å²) < 4.78 is 0. The first-order valence-electron chi connectivity index (χ1n) is 9.66. The summed E-state index contributed by atoms with van der Waals surface area (Å²) in [6.07, 6.45) is 1.53. The van der Waals surface area contributed by atoms with Crippen molar-refractivity contribution in [2.24, 2.45) is 5.92 Å². The maximum atomic E-state index is 12.6. The van der Waals surface area contributed by atoms with Crippen LogP contribution in [-0.2, 0) is 4.79 Å². The molecule has 0 aromatic heterocycles. The summed E-state index contributed by atoms with van der Waals surface area (Å²) in [6.45, 7) is 5.25. The number of carbonyl (C=O) groups is 3. The van der Waals surface area contributed by atoms with Gasteiger partial charge in [-0.05, 0) is 51.9 Å². The van der Waals surface area contributed by atoms with Gasteiger partial charge in [-0.2, -0.15) is 0 Å². The minimum absolute atomic E-state index is 0.0225. The van der Waals surface area contributed by atoms with Gasteiger partial charge in [-0.3, -0.25) is 19.3 Å². The Bertz CT molecular complexity index is 866. The molecular weight excluding hydrogens is 352 g/mol. The number of hydrogen-bond donors (Lipinski definition) is 1. The van der Waals surface area contributed by atoms with Crippen LogP contribution in [-0.4, -0.2) is 42.0 Å². The fourth-order valence-corrected chi connectivity index (χ4v) is 3.53. The summed E-state index contributed by atoms with van der Waals surface area (Å²) in [7, 11) is 0. The fraction of sp³-hybridized carbons (Fsp3) is 0.348. The number of amides is 1. The van der Waals surface area contributed by atoms with Crippen LogP contribution in [0.5, 0.6) is 0 Å². The molecular formula is C23H26N2O3. The van der Waals surface area contributed by atoms with Crippen LogP contribution in [0.15, 0.2) is 48.5 Å². The van der Waals surface area contributed by atoms with Crippen LogP contribution in [0.3, 0.4) is 0 Å². The largest absolute Gasteiger partial charge is 0.325 e. The predicted molar refractivity (Wildman–Crippen MR) is 110 cm³/mol. The zero-order valence-electron chi connectivity index (χ0n) is 16.4. The maximum Gasteiger partial charge on any atom is 0.238 e. The molecule has 1 amide bonds. The number of aryl methyl sites for hydroxylation is 1. The lowest BCUT2D eigenvalue weighted by Crippen LogP contribution is -2.40. The van der Waals surface area contributed by atoms with Crippen molar-refractivity contribution in [3.63, 3.8) is 0 Å². The van der Waals surface area contributed by atoms with Gasteiger partial charge in [-0.15, -0.1) is 0 Å². The molecule has 5 heteroatoms. The molecule has 1 N–H and O–H groups in total. The molecule has 0 saturated carbocycles. The van der Waals surface area contributed by atoms with Gasteiger partial charge >= 0.3 is 0 Å². The normalized spacial score (nSPS) is 15.2. The van der Waals surface area contributed by atoms with Gasteiger partial charge in [0.1, 0.15) is 0 Å². The summed E-state index contributed by atoms with van der Waals surface area (Å²) in [5.74, 6) is 0.0832. The van der Waals surface area contributed by atoms with E-state index >= 15 is 0 Å². The lowest BCUT2D eigenvalue weighted by Gasteiger charge is -2.30. The van der Waals surface area contributed by atoms with E-state index in [0.29, 0.717) is 11.3 Å². The quantitative estimate of drug-likeness (QED) is 0.778. The lowest BCUT2D eigenvalue weighted by atomic mass is 9.88. The standard InChI is InChI=1S/C23H26N2O3/c1-16-6-8-18(9-7-16)23(28)19-10-12-25(13-11-19)15-22(27)24-21-5-3-4-20(14-21)17(2)26/h3-9,14,19H,10-13,15H2,1-2H3,(H,24,27). The van der Waals surface area contributed by atoms with E-state index in [2.05, 4.69) is 10.2 Å². The van der Waals surface area contributed by atoms with Crippen molar-refractivity contribution in [1.29, 1.82) is 0 Å². The van der Waals surface area contributed by atoms with Crippen LogP contribution in [0, 0.1) is 12.8 Å². The van der Waals surface area contributed by atoms with Crippen molar-refractivity contribution in [2.45, 2.75) is 26.7 Å². The third-order valence-electron chi connectivity index (χ3n) is 5.21. The predicted octanol–water partition coefficient (Wildman–Crippen LogP) is 3.73. The average Bonchev–Trinajstić information content (AvgIpc) is 2.68. The second-order valence-electron chi connectivity index (χ2n) is 7.47. The number of nitrogens with zero attached hydrogens (tertiary/aromatic N) is 1. The van der Waals surface area contributed by atoms with Crippen molar-refractivity contribution < 1.29 is 14.4 Å². The van der Waals surface area contributed by atoms with Crippen LogP contribution in [0.25, 0.3) is 0 Å². The number of carbonyl (C=O) groups excluding carboxylic acids is 3. The van der Waals surface area contributed by atoms with Gasteiger partial charge in [-0.25, -0.2) is 0 Å². The van der Waals surface area contributed by atoms with E-state index in [1.165, 1.54) is 6.92 Å². The molecule has 2 aromatic rings. The van der Waals surface area contributed by atoms with Crippen LogP contribution >= 0.6 is 0 Å². The summed E-state index contributed by atoms with van der Waals surface area (Å²) in [5, 5.41) is 2.85. The molecule has 28 heavy (non-hydrogen) atoms. The van der Waals surface area contributed by atoms with Gasteiger partial charge in [0, 0.05) is 22.7 Å². The van der Waals surface area contributed by atoms with E-state index in [9.17, 15) is 14.4 Å². The van der Waals surface area contributed by atoms with Gasteiger partial charge in [0.2, 0.25) is 5.91 Å². The van der Waals surface area contributed by atoms with Gasteiger partial charge in [0.15, 0.2) is 11.6 Å². The molecule has 1 aliphatic heterocycles. The third kappa shape index (κ3) is 5.14. The van der Waals surface area contributed by atoms with Crippen molar-refractivity contribution in [1.82, 2.24) is 4.90 Å². The Balaban J connectivity index is 1.49. The lowest BCUT2D eigenvalue weighted by molar-refractivity contribution is -0.117. The van der Waals surface area contributed by atoms with Gasteiger partial charge < -0.3 is 5.32 Å². The van der Waals surface area contributed by atoms with Crippen LogP contribution in [0.4, 0.5) is 5.69 Å². The van der Waals surface area contributed by atoms with Crippen molar-refractivity contribution in [3.8, 4) is 0 Å². The SMILES string of the molecule is CC(=O)c1cccc(NC(=O)CN2CCC(C(=O)c3ccc(C)cc3)CC2)c1. The van der Waals surface area contributed by atoms with E-state index in [4.69, 9.17) is 0 Å². The van der Waals surface area contributed by atoms with E-state index in [0.717, 1.165) is 37.1 Å². The zero-order valence-corrected chi connectivity index (χ0v) is 16.4. The molecule has 5 nitrogen and oxygen atoms in total. The number of anilines is 1. The number of rotatable bonds is 6. The molecule has 0 spiro atoms. The number of nitrogens with one attached hydrogen (secondary N) is 1. The van der Waals surface area contributed by atoms with E-state index in [-0.39, 0.29) is 29.9 Å². The summed E-state index contributed by atoms with van der Waals surface area (Å²) in [6, 6.07) is 14.7. The second kappa shape index (κ2) is 8.93. The molecule has 0 radical (unpaired) electrons. The van der Waals surface area contributed by atoms with Crippen LogP contribution < -0.4 is 5.32 Å². The van der Waals surface area contributed by atoms with Crippen molar-refractivity contribution >= 4 is 23.2 Å². The highest BCUT2D eigenvalue weighted by Gasteiger charge is 2.26. The molecule has 1 heterocycles. The first-order valence-corrected chi connectivity index (χ1v) is 9.66. The number of benzene rings is 2. The van der Waals surface area contributed by atoms with Crippen LogP contribution in [0.2, 0.25) is 0 Å². The second-order valence-corrected chi connectivity index (χ2v) is 7.47. The number of hydrogen-bond acceptors (Lipinski definition) is 4. The zero-order chi connectivity index (χ0) is 20.1. The minimum atomic E-state index is -0.107. The first-order chi connectivity index (χ1) is 13.4. The molecule has 1 saturated heterocycles. The van der Waals surface area contributed by atoms with Crippen LogP contribution in [0.1, 0.15) is 46.0 Å². The highest BCUT2D eigenvalue weighted by Crippen LogP contribution is 2.22. The molecule has 1 aliphatic rings. The maximum absolute atomic E-state index is 12.6. The molecule has 0 atom stereocenters. The van der Waals surface area contributed by atoms with Crippen molar-refractivity contribution in [2.75, 3.05) is 25.0 Å². The molecule has 3 rings (SSSR count). The van der Waals surface area contributed by atoms with E-state index in [1.807, 2.05) is 31.2 Å². The highest BCUT2D eigenvalue weighted by molar-refractivity contribution is 5.98. The highest BCUT2D eigenvalue weighted by atomic mass is 16.2.